The molecule has 0 spiro atoms. The monoisotopic (exact) mass is 338 g/mol. The second-order valence-corrected chi connectivity index (χ2v) is 9.04. The van der Waals surface area contributed by atoms with E-state index in [1.54, 1.807) is 12.1 Å². The number of benzene rings is 1. The highest BCUT2D eigenvalue weighted by Gasteiger charge is 2.28. The van der Waals surface area contributed by atoms with E-state index in [2.05, 4.69) is 26.1 Å². The number of amides is 1. The van der Waals surface area contributed by atoms with Crippen molar-refractivity contribution in [2.45, 2.75) is 63.6 Å². The van der Waals surface area contributed by atoms with Crippen molar-refractivity contribution >= 4 is 23.4 Å². The third-order valence-corrected chi connectivity index (χ3v) is 4.28. The molecular formula is C17H26N2O3S. The summed E-state index contributed by atoms with van der Waals surface area (Å²) in [5, 5.41) is 13.5. The number of nitro groups is 1. The van der Waals surface area contributed by atoms with Gasteiger partial charge in [-0.15, -0.1) is 11.8 Å². The van der Waals surface area contributed by atoms with Crippen LogP contribution in [0.4, 0.5) is 5.69 Å². The van der Waals surface area contributed by atoms with Crippen LogP contribution in [0.3, 0.4) is 0 Å². The van der Waals surface area contributed by atoms with E-state index < -0.39 is 4.92 Å². The maximum absolute atomic E-state index is 12.4. The fourth-order valence-electron chi connectivity index (χ4n) is 2.71. The molecule has 0 fully saturated rings. The van der Waals surface area contributed by atoms with Gasteiger partial charge in [0.15, 0.2) is 0 Å². The highest BCUT2D eigenvalue weighted by atomic mass is 32.2. The SMILES string of the molecule is CC(Sc1ccc([N+](=O)[O-])cc1)C(=O)NC(C)(C)CC(C)(C)C. The molecule has 1 aromatic rings. The number of rotatable bonds is 6. The van der Waals surface area contributed by atoms with Crippen LogP contribution in [-0.2, 0) is 4.79 Å². The van der Waals surface area contributed by atoms with Crippen LogP contribution in [0.5, 0.6) is 0 Å². The minimum Gasteiger partial charge on any atom is -0.350 e. The molecule has 128 valence electrons. The van der Waals surface area contributed by atoms with E-state index in [0.29, 0.717) is 0 Å². The van der Waals surface area contributed by atoms with Gasteiger partial charge in [0.2, 0.25) is 5.91 Å². The second-order valence-electron chi connectivity index (χ2n) is 7.62. The number of nitrogens with zero attached hydrogens (tertiary/aromatic N) is 1. The molecule has 1 amide bonds. The van der Waals surface area contributed by atoms with Gasteiger partial charge >= 0.3 is 0 Å². The Morgan fingerprint density at radius 3 is 2.17 bits per heavy atom. The first-order chi connectivity index (χ1) is 10.4. The Hall–Kier alpha value is -1.56. The number of hydrogen-bond donors (Lipinski definition) is 1. The molecule has 0 saturated heterocycles. The molecule has 0 aromatic heterocycles. The number of carbonyl (C=O) groups excluding carboxylic acids is 1. The first-order valence-electron chi connectivity index (χ1n) is 7.63. The molecule has 23 heavy (non-hydrogen) atoms. The molecule has 1 aromatic carbocycles. The van der Waals surface area contributed by atoms with Gasteiger partial charge in [-0.25, -0.2) is 0 Å². The van der Waals surface area contributed by atoms with E-state index in [4.69, 9.17) is 0 Å². The predicted molar refractivity (Wildman–Crippen MR) is 94.7 cm³/mol. The van der Waals surface area contributed by atoms with Crippen LogP contribution in [-0.4, -0.2) is 21.6 Å². The van der Waals surface area contributed by atoms with Crippen LogP contribution in [0.2, 0.25) is 0 Å². The summed E-state index contributed by atoms with van der Waals surface area (Å²) in [6, 6.07) is 6.26. The quantitative estimate of drug-likeness (QED) is 0.474. The standard InChI is InChI=1S/C17H26N2O3S/c1-12(15(20)18-17(5,6)11-16(2,3)4)23-14-9-7-13(8-10-14)19(21)22/h7-10,12H,11H2,1-6H3,(H,18,20). The van der Waals surface area contributed by atoms with Crippen LogP contribution in [0, 0.1) is 15.5 Å². The lowest BCUT2D eigenvalue weighted by molar-refractivity contribution is -0.384. The number of carbonyl (C=O) groups is 1. The van der Waals surface area contributed by atoms with Crippen LogP contribution in [0.25, 0.3) is 0 Å². The highest BCUT2D eigenvalue weighted by Crippen LogP contribution is 2.29. The zero-order valence-electron chi connectivity index (χ0n) is 14.7. The van der Waals surface area contributed by atoms with Crippen molar-refractivity contribution < 1.29 is 9.72 Å². The normalized spacial score (nSPS) is 13.5. The number of hydrogen-bond acceptors (Lipinski definition) is 4. The first-order valence-corrected chi connectivity index (χ1v) is 8.51. The molecular weight excluding hydrogens is 312 g/mol. The zero-order valence-corrected chi connectivity index (χ0v) is 15.5. The zero-order chi connectivity index (χ0) is 17.8. The van der Waals surface area contributed by atoms with Crippen molar-refractivity contribution in [1.29, 1.82) is 0 Å². The first kappa shape index (κ1) is 19.5. The van der Waals surface area contributed by atoms with Crippen molar-refractivity contribution in [3.8, 4) is 0 Å². The van der Waals surface area contributed by atoms with E-state index in [-0.39, 0.29) is 27.8 Å². The minimum atomic E-state index is -0.431. The molecule has 0 aliphatic heterocycles. The average molecular weight is 338 g/mol. The topological polar surface area (TPSA) is 72.2 Å². The lowest BCUT2D eigenvalue weighted by Gasteiger charge is -2.34. The lowest BCUT2D eigenvalue weighted by Crippen LogP contribution is -2.48. The smallest absolute Gasteiger partial charge is 0.269 e. The molecule has 1 unspecified atom stereocenters. The van der Waals surface area contributed by atoms with Crippen LogP contribution in [0.15, 0.2) is 29.2 Å². The van der Waals surface area contributed by atoms with Gasteiger partial charge in [0, 0.05) is 22.6 Å². The minimum absolute atomic E-state index is 0.0254. The van der Waals surface area contributed by atoms with Gasteiger partial charge in [0.25, 0.3) is 5.69 Å². The van der Waals surface area contributed by atoms with E-state index in [1.807, 2.05) is 20.8 Å². The summed E-state index contributed by atoms with van der Waals surface area (Å²) in [6.07, 6.45) is 0.876. The number of non-ortho nitro benzene ring substituents is 1. The van der Waals surface area contributed by atoms with Gasteiger partial charge in [0.1, 0.15) is 0 Å². The van der Waals surface area contributed by atoms with Crippen molar-refractivity contribution in [1.82, 2.24) is 5.32 Å². The van der Waals surface area contributed by atoms with E-state index in [1.165, 1.54) is 23.9 Å². The van der Waals surface area contributed by atoms with Crippen molar-refractivity contribution in [2.75, 3.05) is 0 Å². The summed E-state index contributed by atoms with van der Waals surface area (Å²) in [7, 11) is 0. The van der Waals surface area contributed by atoms with Crippen LogP contribution < -0.4 is 5.32 Å². The number of thioether (sulfide) groups is 1. The summed E-state index contributed by atoms with van der Waals surface area (Å²) in [4.78, 5) is 23.4. The molecule has 5 nitrogen and oxygen atoms in total. The van der Waals surface area contributed by atoms with E-state index >= 15 is 0 Å². The molecule has 0 radical (unpaired) electrons. The molecule has 6 heteroatoms. The van der Waals surface area contributed by atoms with Crippen LogP contribution in [0.1, 0.15) is 48.0 Å². The Morgan fingerprint density at radius 1 is 1.22 bits per heavy atom. The fourth-order valence-corrected chi connectivity index (χ4v) is 3.58. The molecule has 1 atom stereocenters. The molecule has 0 saturated carbocycles. The third kappa shape index (κ3) is 7.03. The molecule has 0 bridgehead atoms. The van der Waals surface area contributed by atoms with Crippen LogP contribution >= 0.6 is 11.8 Å². The van der Waals surface area contributed by atoms with Gasteiger partial charge in [-0.2, -0.15) is 0 Å². The lowest BCUT2D eigenvalue weighted by atomic mass is 9.82. The Bertz CT molecular complexity index is 562. The van der Waals surface area contributed by atoms with Gasteiger partial charge in [-0.05, 0) is 44.7 Å². The van der Waals surface area contributed by atoms with Gasteiger partial charge < -0.3 is 5.32 Å². The molecule has 1 N–H and O–H groups in total. The number of nitrogens with one attached hydrogen (secondary N) is 1. The van der Waals surface area contributed by atoms with Crippen molar-refractivity contribution in [2.24, 2.45) is 5.41 Å². The van der Waals surface area contributed by atoms with Gasteiger partial charge in [-0.3, -0.25) is 14.9 Å². The number of nitro benzene ring substituents is 1. The second kappa shape index (κ2) is 7.34. The van der Waals surface area contributed by atoms with E-state index in [9.17, 15) is 14.9 Å². The summed E-state index contributed by atoms with van der Waals surface area (Å²) in [6.45, 7) is 12.3. The summed E-state index contributed by atoms with van der Waals surface area (Å²) < 4.78 is 0. The van der Waals surface area contributed by atoms with Gasteiger partial charge in [-0.1, -0.05) is 20.8 Å². The summed E-state index contributed by atoms with van der Waals surface area (Å²) in [5.41, 5.74) is -0.0942. The summed E-state index contributed by atoms with van der Waals surface area (Å²) in [5.74, 6) is -0.0254. The predicted octanol–water partition coefficient (Wildman–Crippen LogP) is 4.41. The Kier molecular flexibility index (Phi) is 6.22. The van der Waals surface area contributed by atoms with Gasteiger partial charge in [0.05, 0.1) is 10.2 Å². The van der Waals surface area contributed by atoms with Crippen molar-refractivity contribution in [3.05, 3.63) is 34.4 Å². The Balaban J connectivity index is 2.65. The largest absolute Gasteiger partial charge is 0.350 e. The highest BCUT2D eigenvalue weighted by molar-refractivity contribution is 8.00. The fraction of sp³-hybridized carbons (Fsp3) is 0.588. The molecule has 0 aliphatic rings. The average Bonchev–Trinajstić information content (AvgIpc) is 2.35. The molecule has 1 rings (SSSR count). The third-order valence-electron chi connectivity index (χ3n) is 3.16. The maximum Gasteiger partial charge on any atom is 0.269 e. The Morgan fingerprint density at radius 2 is 1.74 bits per heavy atom. The molecule has 0 aliphatic carbocycles. The Labute approximate surface area is 142 Å². The van der Waals surface area contributed by atoms with Crippen molar-refractivity contribution in [3.63, 3.8) is 0 Å². The summed E-state index contributed by atoms with van der Waals surface area (Å²) >= 11 is 1.40. The maximum atomic E-state index is 12.4. The molecule has 0 heterocycles. The van der Waals surface area contributed by atoms with E-state index in [0.717, 1.165) is 11.3 Å².